The van der Waals surface area contributed by atoms with E-state index in [0.29, 0.717) is 12.1 Å². The Morgan fingerprint density at radius 2 is 1.65 bits per heavy atom. The van der Waals surface area contributed by atoms with Gasteiger partial charge in [0.2, 0.25) is 0 Å². The Morgan fingerprint density at radius 1 is 1.09 bits per heavy atom. The molecule has 0 saturated carbocycles. The number of carbonyl (C=O) groups is 1. The van der Waals surface area contributed by atoms with E-state index >= 15 is 0 Å². The van der Waals surface area contributed by atoms with Gasteiger partial charge in [-0.1, -0.05) is 0 Å². The van der Waals surface area contributed by atoms with Crippen LogP contribution < -0.4 is 4.18 Å². The molecule has 0 amide bonds. The quantitative estimate of drug-likeness (QED) is 0.355. The van der Waals surface area contributed by atoms with Gasteiger partial charge >= 0.3 is 27.8 Å². The minimum absolute atomic E-state index is 0.0735. The Hall–Kier alpha value is -1.98. The summed E-state index contributed by atoms with van der Waals surface area (Å²) in [4.78, 5) is 11.1. The van der Waals surface area contributed by atoms with Crippen molar-refractivity contribution >= 4 is 16.1 Å². The van der Waals surface area contributed by atoms with Crippen LogP contribution in [0.15, 0.2) is 18.2 Å². The van der Waals surface area contributed by atoms with Gasteiger partial charge in [-0.25, -0.2) is 0 Å². The topological polar surface area (TPSA) is 69.7 Å². The third-order valence-electron chi connectivity index (χ3n) is 2.36. The van der Waals surface area contributed by atoms with Gasteiger partial charge in [0, 0.05) is 0 Å². The molecule has 0 spiro atoms. The van der Waals surface area contributed by atoms with Gasteiger partial charge in [-0.3, -0.25) is 4.79 Å². The fourth-order valence-electron chi connectivity index (χ4n) is 1.39. The molecular formula is C11H8F6O5S. The van der Waals surface area contributed by atoms with Crippen molar-refractivity contribution < 1.29 is 48.5 Å². The van der Waals surface area contributed by atoms with Crippen LogP contribution >= 0.6 is 0 Å². The predicted octanol–water partition coefficient (Wildman–Crippen LogP) is 2.65. The lowest BCUT2D eigenvalue weighted by molar-refractivity contribution is -0.140. The molecule has 0 heterocycles. The molecule has 1 aromatic rings. The molecule has 0 aromatic heterocycles. The molecule has 0 radical (unpaired) electrons. The highest BCUT2D eigenvalue weighted by Crippen LogP contribution is 2.34. The number of halogens is 6. The molecule has 0 saturated heterocycles. The summed E-state index contributed by atoms with van der Waals surface area (Å²) in [5.74, 6) is -2.20. The van der Waals surface area contributed by atoms with Gasteiger partial charge in [0.15, 0.2) is 0 Å². The Morgan fingerprint density at radius 3 is 2.09 bits per heavy atom. The maximum Gasteiger partial charge on any atom is 0.534 e. The van der Waals surface area contributed by atoms with Crippen LogP contribution in [0.3, 0.4) is 0 Å². The second-order valence-corrected chi connectivity index (χ2v) is 5.64. The summed E-state index contributed by atoms with van der Waals surface area (Å²) in [6.07, 6.45) is -5.71. The molecule has 0 bridgehead atoms. The third kappa shape index (κ3) is 5.01. The molecule has 0 atom stereocenters. The lowest BCUT2D eigenvalue weighted by Crippen LogP contribution is -2.28. The first-order valence-electron chi connectivity index (χ1n) is 5.55. The van der Waals surface area contributed by atoms with Crippen molar-refractivity contribution in [2.75, 3.05) is 7.11 Å². The summed E-state index contributed by atoms with van der Waals surface area (Å²) < 4.78 is 104. The van der Waals surface area contributed by atoms with Crippen LogP contribution in [0, 0.1) is 0 Å². The maximum atomic E-state index is 12.7. The van der Waals surface area contributed by atoms with E-state index in [4.69, 9.17) is 0 Å². The Bertz CT molecular complexity index is 692. The fraction of sp³-hybridized carbons (Fsp3) is 0.364. The molecular weight excluding hydrogens is 358 g/mol. The average molecular weight is 366 g/mol. The highest BCUT2D eigenvalue weighted by Gasteiger charge is 2.48. The number of esters is 1. The van der Waals surface area contributed by atoms with Gasteiger partial charge in [0.1, 0.15) is 5.75 Å². The van der Waals surface area contributed by atoms with Crippen molar-refractivity contribution in [3.05, 3.63) is 29.3 Å². The van der Waals surface area contributed by atoms with Gasteiger partial charge in [-0.05, 0) is 23.8 Å². The Labute approximate surface area is 125 Å². The van der Waals surface area contributed by atoms with Crippen molar-refractivity contribution in [2.45, 2.75) is 18.1 Å². The van der Waals surface area contributed by atoms with Gasteiger partial charge in [0.05, 0.1) is 19.1 Å². The van der Waals surface area contributed by atoms with Crippen LogP contribution in [0.5, 0.6) is 5.75 Å². The van der Waals surface area contributed by atoms with Crippen LogP contribution in [-0.4, -0.2) is 27.0 Å². The van der Waals surface area contributed by atoms with Crippen LogP contribution in [0.25, 0.3) is 0 Å². The normalized spacial score (nSPS) is 12.8. The van der Waals surface area contributed by atoms with E-state index < -0.39 is 51.1 Å². The van der Waals surface area contributed by atoms with Crippen LogP contribution in [0.2, 0.25) is 0 Å². The van der Waals surface area contributed by atoms with E-state index in [1.54, 1.807) is 0 Å². The monoisotopic (exact) mass is 366 g/mol. The van der Waals surface area contributed by atoms with E-state index in [2.05, 4.69) is 8.92 Å². The first kappa shape index (κ1) is 19.1. The van der Waals surface area contributed by atoms with Gasteiger partial charge < -0.3 is 8.92 Å². The third-order valence-corrected chi connectivity index (χ3v) is 3.34. The SMILES string of the molecule is COC(=O)Cc1cc(OS(=O)(=O)C(F)(F)F)cc(C(F)(F)F)c1. The van der Waals surface area contributed by atoms with Crippen molar-refractivity contribution in [2.24, 2.45) is 0 Å². The number of ether oxygens (including phenoxy) is 1. The molecule has 5 nitrogen and oxygen atoms in total. The molecule has 23 heavy (non-hydrogen) atoms. The minimum atomic E-state index is -6.15. The molecule has 0 fully saturated rings. The largest absolute Gasteiger partial charge is 0.534 e. The second kappa shape index (κ2) is 6.26. The number of alkyl halides is 6. The zero-order valence-corrected chi connectivity index (χ0v) is 12.0. The number of methoxy groups -OCH3 is 1. The molecule has 0 aliphatic heterocycles. The highest BCUT2D eigenvalue weighted by atomic mass is 32.2. The van der Waals surface area contributed by atoms with Gasteiger partial charge in [-0.2, -0.15) is 34.8 Å². The molecule has 12 heteroatoms. The van der Waals surface area contributed by atoms with Crippen LogP contribution in [0.1, 0.15) is 11.1 Å². The first-order valence-corrected chi connectivity index (χ1v) is 6.96. The smallest absolute Gasteiger partial charge is 0.469 e. The van der Waals surface area contributed by atoms with E-state index in [1.807, 2.05) is 0 Å². The first-order chi connectivity index (χ1) is 10.3. The van der Waals surface area contributed by atoms with Crippen molar-refractivity contribution in [3.63, 3.8) is 0 Å². The van der Waals surface area contributed by atoms with Crippen LogP contribution in [0.4, 0.5) is 26.3 Å². The number of benzene rings is 1. The minimum Gasteiger partial charge on any atom is -0.469 e. The summed E-state index contributed by atoms with van der Waals surface area (Å²) >= 11 is 0. The Balaban J connectivity index is 3.32. The van der Waals surface area contributed by atoms with E-state index in [9.17, 15) is 39.6 Å². The van der Waals surface area contributed by atoms with E-state index in [0.717, 1.165) is 7.11 Å². The summed E-state index contributed by atoms with van der Waals surface area (Å²) in [5, 5.41) is 0. The van der Waals surface area contributed by atoms with Gasteiger partial charge in [0.25, 0.3) is 0 Å². The summed E-state index contributed by atoms with van der Waals surface area (Å²) in [7, 11) is -5.20. The van der Waals surface area contributed by atoms with E-state index in [-0.39, 0.29) is 6.07 Å². The zero-order valence-electron chi connectivity index (χ0n) is 11.2. The molecule has 0 unspecified atom stereocenters. The van der Waals surface area contributed by atoms with Crippen molar-refractivity contribution in [3.8, 4) is 5.75 Å². The summed E-state index contributed by atoms with van der Waals surface area (Å²) in [6, 6.07) is 1.10. The number of rotatable bonds is 4. The molecule has 0 N–H and O–H groups in total. The molecule has 0 aliphatic rings. The average Bonchev–Trinajstić information content (AvgIpc) is 2.35. The summed E-state index contributed by atoms with van der Waals surface area (Å²) in [6.45, 7) is 0. The zero-order chi connectivity index (χ0) is 18.1. The lowest BCUT2D eigenvalue weighted by atomic mass is 10.1. The maximum absolute atomic E-state index is 12.7. The molecule has 130 valence electrons. The van der Waals surface area contributed by atoms with Crippen LogP contribution in [-0.2, 0) is 32.2 Å². The van der Waals surface area contributed by atoms with Crippen molar-refractivity contribution in [1.29, 1.82) is 0 Å². The Kier molecular flexibility index (Phi) is 5.19. The lowest BCUT2D eigenvalue weighted by Gasteiger charge is -2.13. The fourth-order valence-corrected chi connectivity index (χ4v) is 1.83. The number of carbonyl (C=O) groups excluding carboxylic acids is 1. The predicted molar refractivity (Wildman–Crippen MR) is 62.8 cm³/mol. The molecule has 0 aliphatic carbocycles. The molecule has 1 rings (SSSR count). The van der Waals surface area contributed by atoms with Crippen molar-refractivity contribution in [1.82, 2.24) is 0 Å². The van der Waals surface area contributed by atoms with E-state index in [1.165, 1.54) is 0 Å². The highest BCUT2D eigenvalue weighted by molar-refractivity contribution is 7.88. The number of hydrogen-bond acceptors (Lipinski definition) is 5. The van der Waals surface area contributed by atoms with Gasteiger partial charge in [-0.15, -0.1) is 0 Å². The standard InChI is InChI=1S/C11H8F6O5S/c1-21-9(18)4-6-2-7(10(12,13)14)5-8(3-6)22-23(19,20)11(15,16)17/h2-3,5H,4H2,1H3. The summed E-state index contributed by atoms with van der Waals surface area (Å²) in [5.41, 5.74) is -7.73. The molecule has 1 aromatic carbocycles. The number of hydrogen-bond donors (Lipinski definition) is 0. The second-order valence-electron chi connectivity index (χ2n) is 4.10.